The fraction of sp³-hybridized carbons (Fsp3) is 0.500. The Hall–Kier alpha value is -1.02. The molecule has 1 unspecified atom stereocenters. The number of nitrogens with zero attached hydrogens (tertiary/aromatic N) is 1. The van der Waals surface area contributed by atoms with E-state index in [0.29, 0.717) is 12.5 Å². The Labute approximate surface area is 85.7 Å². The summed E-state index contributed by atoms with van der Waals surface area (Å²) < 4.78 is 0. The minimum atomic E-state index is 0.645. The van der Waals surface area contributed by atoms with Gasteiger partial charge in [0.05, 0.1) is 0 Å². The van der Waals surface area contributed by atoms with Gasteiger partial charge in [0, 0.05) is 31.2 Å². The van der Waals surface area contributed by atoms with E-state index in [1.807, 2.05) is 0 Å². The fourth-order valence-corrected chi connectivity index (χ4v) is 2.24. The Morgan fingerprint density at radius 2 is 2.29 bits per heavy atom. The molecule has 1 atom stereocenters. The van der Waals surface area contributed by atoms with Crippen molar-refractivity contribution in [2.75, 3.05) is 18.0 Å². The van der Waals surface area contributed by atoms with Crippen LogP contribution in [0.4, 0.5) is 5.69 Å². The standard InChI is InChI=1S/C12H18N2/c1-3-14-8-9(2)11-6-10(7-13)4-5-12(11)14/h4-6,9H,3,7-8,13H2,1-2H3. The smallest absolute Gasteiger partial charge is 0.0402 e. The van der Waals surface area contributed by atoms with E-state index in [1.54, 1.807) is 0 Å². The van der Waals surface area contributed by atoms with E-state index in [9.17, 15) is 0 Å². The molecule has 0 bridgehead atoms. The van der Waals surface area contributed by atoms with Gasteiger partial charge in [-0.25, -0.2) is 0 Å². The molecule has 14 heavy (non-hydrogen) atoms. The van der Waals surface area contributed by atoms with Crippen molar-refractivity contribution in [3.8, 4) is 0 Å². The predicted molar refractivity (Wildman–Crippen MR) is 60.6 cm³/mol. The number of benzene rings is 1. The summed E-state index contributed by atoms with van der Waals surface area (Å²) in [4.78, 5) is 2.43. The van der Waals surface area contributed by atoms with Gasteiger partial charge in [-0.15, -0.1) is 0 Å². The lowest BCUT2D eigenvalue weighted by molar-refractivity contribution is 0.762. The highest BCUT2D eigenvalue weighted by Crippen LogP contribution is 2.36. The highest BCUT2D eigenvalue weighted by atomic mass is 15.1. The van der Waals surface area contributed by atoms with Gasteiger partial charge in [-0.1, -0.05) is 19.1 Å². The summed E-state index contributed by atoms with van der Waals surface area (Å²) >= 11 is 0. The monoisotopic (exact) mass is 190 g/mol. The van der Waals surface area contributed by atoms with Crippen molar-refractivity contribution in [2.24, 2.45) is 5.73 Å². The van der Waals surface area contributed by atoms with Crippen molar-refractivity contribution < 1.29 is 0 Å². The van der Waals surface area contributed by atoms with Crippen molar-refractivity contribution in [3.05, 3.63) is 29.3 Å². The third-order valence-corrected chi connectivity index (χ3v) is 3.08. The van der Waals surface area contributed by atoms with Gasteiger partial charge < -0.3 is 10.6 Å². The zero-order chi connectivity index (χ0) is 10.1. The zero-order valence-electron chi connectivity index (χ0n) is 8.96. The molecular formula is C12H18N2. The summed E-state index contributed by atoms with van der Waals surface area (Å²) in [5.74, 6) is 0.649. The maximum Gasteiger partial charge on any atom is 0.0402 e. The summed E-state index contributed by atoms with van der Waals surface area (Å²) in [6.45, 7) is 7.39. The lowest BCUT2D eigenvalue weighted by Crippen LogP contribution is -2.20. The van der Waals surface area contributed by atoms with Crippen molar-refractivity contribution >= 4 is 5.69 Å². The van der Waals surface area contributed by atoms with E-state index in [-0.39, 0.29) is 0 Å². The zero-order valence-corrected chi connectivity index (χ0v) is 8.96. The minimum Gasteiger partial charge on any atom is -0.371 e. The van der Waals surface area contributed by atoms with Gasteiger partial charge in [0.25, 0.3) is 0 Å². The molecule has 0 aliphatic carbocycles. The molecule has 1 aliphatic heterocycles. The number of nitrogens with two attached hydrogens (primary N) is 1. The molecule has 2 rings (SSSR count). The Kier molecular flexibility index (Phi) is 2.46. The average Bonchev–Trinajstić information content (AvgIpc) is 2.55. The van der Waals surface area contributed by atoms with E-state index in [1.165, 1.54) is 16.8 Å². The minimum absolute atomic E-state index is 0.645. The largest absolute Gasteiger partial charge is 0.371 e. The average molecular weight is 190 g/mol. The van der Waals surface area contributed by atoms with E-state index in [4.69, 9.17) is 5.73 Å². The van der Waals surface area contributed by atoms with Gasteiger partial charge in [0.1, 0.15) is 0 Å². The molecule has 2 nitrogen and oxygen atoms in total. The molecule has 2 N–H and O–H groups in total. The van der Waals surface area contributed by atoms with E-state index >= 15 is 0 Å². The molecular weight excluding hydrogens is 172 g/mol. The highest BCUT2D eigenvalue weighted by molar-refractivity contribution is 5.61. The number of anilines is 1. The van der Waals surface area contributed by atoms with Crippen LogP contribution in [0.3, 0.4) is 0 Å². The molecule has 0 fully saturated rings. The van der Waals surface area contributed by atoms with Crippen molar-refractivity contribution in [1.29, 1.82) is 0 Å². The van der Waals surface area contributed by atoms with Crippen LogP contribution in [-0.4, -0.2) is 13.1 Å². The molecule has 1 heterocycles. The molecule has 1 aliphatic rings. The number of likely N-dealkylation sites (N-methyl/N-ethyl adjacent to an activating group) is 1. The van der Waals surface area contributed by atoms with Crippen molar-refractivity contribution in [3.63, 3.8) is 0 Å². The number of hydrogen-bond donors (Lipinski definition) is 1. The lowest BCUT2D eigenvalue weighted by atomic mass is 10.0. The SMILES string of the molecule is CCN1CC(C)c2cc(CN)ccc21. The van der Waals surface area contributed by atoms with Crippen molar-refractivity contribution in [1.82, 2.24) is 0 Å². The maximum atomic E-state index is 5.64. The van der Waals surface area contributed by atoms with Crippen LogP contribution in [0.1, 0.15) is 30.9 Å². The first kappa shape index (κ1) is 9.53. The molecule has 0 aromatic heterocycles. The second kappa shape index (κ2) is 3.62. The highest BCUT2D eigenvalue weighted by Gasteiger charge is 2.23. The summed E-state index contributed by atoms with van der Waals surface area (Å²) in [5, 5.41) is 0. The molecule has 0 saturated carbocycles. The van der Waals surface area contributed by atoms with Crippen LogP contribution in [0.5, 0.6) is 0 Å². The van der Waals surface area contributed by atoms with Gasteiger partial charge in [-0.05, 0) is 24.1 Å². The van der Waals surface area contributed by atoms with Crippen LogP contribution in [0.25, 0.3) is 0 Å². The maximum absolute atomic E-state index is 5.64. The topological polar surface area (TPSA) is 29.3 Å². The molecule has 1 aromatic rings. The normalized spacial score (nSPS) is 19.9. The van der Waals surface area contributed by atoms with E-state index in [0.717, 1.165) is 13.1 Å². The van der Waals surface area contributed by atoms with Crippen molar-refractivity contribution in [2.45, 2.75) is 26.3 Å². The quantitative estimate of drug-likeness (QED) is 0.773. The first-order valence-electron chi connectivity index (χ1n) is 5.34. The first-order valence-corrected chi connectivity index (χ1v) is 5.34. The Morgan fingerprint density at radius 1 is 1.50 bits per heavy atom. The molecule has 0 amide bonds. The molecule has 0 radical (unpaired) electrons. The molecule has 76 valence electrons. The Balaban J connectivity index is 2.41. The van der Waals surface area contributed by atoms with Gasteiger partial charge in [0.2, 0.25) is 0 Å². The Bertz CT molecular complexity index is 333. The fourth-order valence-electron chi connectivity index (χ4n) is 2.24. The Morgan fingerprint density at radius 3 is 2.93 bits per heavy atom. The number of rotatable bonds is 2. The summed E-state index contributed by atoms with van der Waals surface area (Å²) in [6.07, 6.45) is 0. The molecule has 2 heteroatoms. The predicted octanol–water partition coefficient (Wildman–Crippen LogP) is 2.09. The molecule has 1 aromatic carbocycles. The molecule has 0 saturated heterocycles. The summed E-state index contributed by atoms with van der Waals surface area (Å²) in [7, 11) is 0. The number of fused-ring (bicyclic) bond motifs is 1. The first-order chi connectivity index (χ1) is 6.76. The molecule has 0 spiro atoms. The van der Waals surface area contributed by atoms with Crippen LogP contribution in [-0.2, 0) is 6.54 Å². The summed E-state index contributed by atoms with van der Waals surface area (Å²) in [5.41, 5.74) is 9.75. The third-order valence-electron chi connectivity index (χ3n) is 3.08. The van der Waals surface area contributed by atoms with Crippen LogP contribution in [0.2, 0.25) is 0 Å². The van der Waals surface area contributed by atoms with Gasteiger partial charge in [-0.2, -0.15) is 0 Å². The van der Waals surface area contributed by atoms with Crippen LogP contribution < -0.4 is 10.6 Å². The van der Waals surface area contributed by atoms with E-state index < -0.39 is 0 Å². The van der Waals surface area contributed by atoms with Crippen LogP contribution in [0.15, 0.2) is 18.2 Å². The lowest BCUT2D eigenvalue weighted by Gasteiger charge is -2.16. The van der Waals surface area contributed by atoms with Crippen LogP contribution in [0, 0.1) is 0 Å². The summed E-state index contributed by atoms with van der Waals surface area (Å²) in [6, 6.07) is 6.61. The van der Waals surface area contributed by atoms with Gasteiger partial charge >= 0.3 is 0 Å². The van der Waals surface area contributed by atoms with E-state index in [2.05, 4.69) is 36.9 Å². The van der Waals surface area contributed by atoms with Gasteiger partial charge in [-0.3, -0.25) is 0 Å². The van der Waals surface area contributed by atoms with Crippen LogP contribution >= 0.6 is 0 Å². The van der Waals surface area contributed by atoms with Gasteiger partial charge in [0.15, 0.2) is 0 Å². The second-order valence-electron chi connectivity index (χ2n) is 4.04. The third kappa shape index (κ3) is 1.40. The number of hydrogen-bond acceptors (Lipinski definition) is 2. The second-order valence-corrected chi connectivity index (χ2v) is 4.04.